The van der Waals surface area contributed by atoms with E-state index < -0.39 is 0 Å². The third kappa shape index (κ3) is 2.13. The molecule has 1 aliphatic carbocycles. The molecule has 2 aromatic rings. The third-order valence-electron chi connectivity index (χ3n) is 3.93. The molecular weight excluding hydrogens is 272 g/mol. The molecule has 0 radical (unpaired) electrons. The molecule has 0 nitrogen and oxygen atoms in total. The molecule has 0 N–H and O–H groups in total. The summed E-state index contributed by atoms with van der Waals surface area (Å²) in [5.74, 6) is 0.770. The summed E-state index contributed by atoms with van der Waals surface area (Å²) in [5, 5.41) is 2.80. The zero-order valence-corrected chi connectivity index (χ0v) is 11.5. The molecule has 0 bridgehead atoms. The van der Waals surface area contributed by atoms with E-state index in [-0.39, 0.29) is 0 Å². The Morgan fingerprint density at radius 3 is 2.35 bits per heavy atom. The van der Waals surface area contributed by atoms with E-state index in [2.05, 4.69) is 52.3 Å². The van der Waals surface area contributed by atoms with Gasteiger partial charge in [-0.3, -0.25) is 0 Å². The molecule has 1 aliphatic rings. The number of fused-ring (bicyclic) bond motifs is 1. The number of rotatable bonds is 1. The zero-order valence-electron chi connectivity index (χ0n) is 9.95. The van der Waals surface area contributed by atoms with Crippen molar-refractivity contribution in [1.82, 2.24) is 0 Å². The number of halogens is 1. The molecule has 0 amide bonds. The lowest BCUT2D eigenvalue weighted by molar-refractivity contribution is 0.445. The van der Waals surface area contributed by atoms with E-state index in [0.717, 1.165) is 5.92 Å². The van der Waals surface area contributed by atoms with Gasteiger partial charge in [0, 0.05) is 4.47 Å². The van der Waals surface area contributed by atoms with Crippen molar-refractivity contribution >= 4 is 26.7 Å². The van der Waals surface area contributed by atoms with Crippen LogP contribution in [0.25, 0.3) is 10.8 Å². The van der Waals surface area contributed by atoms with Crippen molar-refractivity contribution in [3.63, 3.8) is 0 Å². The Morgan fingerprint density at radius 2 is 1.59 bits per heavy atom. The minimum absolute atomic E-state index is 0.770. The van der Waals surface area contributed by atoms with Crippen LogP contribution in [-0.4, -0.2) is 0 Å². The summed E-state index contributed by atoms with van der Waals surface area (Å²) in [6.45, 7) is 0. The van der Waals surface area contributed by atoms with Crippen molar-refractivity contribution in [2.24, 2.45) is 0 Å². The smallest absolute Gasteiger partial charge is 0.0256 e. The highest BCUT2D eigenvalue weighted by molar-refractivity contribution is 9.10. The second-order valence-corrected chi connectivity index (χ2v) is 5.87. The summed E-state index contributed by atoms with van der Waals surface area (Å²) in [6.07, 6.45) is 6.93. The topological polar surface area (TPSA) is 0 Å². The van der Waals surface area contributed by atoms with Crippen LogP contribution in [0.15, 0.2) is 40.9 Å². The van der Waals surface area contributed by atoms with E-state index in [0.29, 0.717) is 0 Å². The summed E-state index contributed by atoms with van der Waals surface area (Å²) >= 11 is 3.71. The third-order valence-corrected chi connectivity index (χ3v) is 4.59. The summed E-state index contributed by atoms with van der Waals surface area (Å²) in [7, 11) is 0. The van der Waals surface area contributed by atoms with Crippen molar-refractivity contribution in [3.05, 3.63) is 46.4 Å². The van der Waals surface area contributed by atoms with Crippen molar-refractivity contribution < 1.29 is 0 Å². The summed E-state index contributed by atoms with van der Waals surface area (Å²) < 4.78 is 1.25. The molecular formula is C16H17Br. The van der Waals surface area contributed by atoms with Gasteiger partial charge in [0.15, 0.2) is 0 Å². The summed E-state index contributed by atoms with van der Waals surface area (Å²) in [5.41, 5.74) is 1.55. The fraction of sp³-hybridized carbons (Fsp3) is 0.375. The van der Waals surface area contributed by atoms with E-state index in [1.54, 1.807) is 5.56 Å². The molecule has 3 rings (SSSR count). The van der Waals surface area contributed by atoms with Gasteiger partial charge in [-0.05, 0) is 41.2 Å². The number of benzene rings is 2. The second kappa shape index (κ2) is 4.81. The van der Waals surface area contributed by atoms with E-state index in [1.165, 1.54) is 47.3 Å². The van der Waals surface area contributed by atoms with Gasteiger partial charge in [-0.1, -0.05) is 65.5 Å². The van der Waals surface area contributed by atoms with Crippen molar-refractivity contribution in [2.45, 2.75) is 38.0 Å². The van der Waals surface area contributed by atoms with Crippen molar-refractivity contribution in [3.8, 4) is 0 Å². The van der Waals surface area contributed by atoms with Gasteiger partial charge in [-0.2, -0.15) is 0 Å². The van der Waals surface area contributed by atoms with Gasteiger partial charge in [-0.15, -0.1) is 0 Å². The van der Waals surface area contributed by atoms with Gasteiger partial charge in [-0.25, -0.2) is 0 Å². The van der Waals surface area contributed by atoms with E-state index in [1.807, 2.05) is 0 Å². The van der Waals surface area contributed by atoms with Gasteiger partial charge in [0.2, 0.25) is 0 Å². The Morgan fingerprint density at radius 1 is 0.882 bits per heavy atom. The van der Waals surface area contributed by atoms with Crippen LogP contribution in [0.3, 0.4) is 0 Å². The Hall–Kier alpha value is -0.820. The highest BCUT2D eigenvalue weighted by atomic mass is 79.9. The first kappa shape index (κ1) is 11.3. The van der Waals surface area contributed by atoms with E-state index in [9.17, 15) is 0 Å². The van der Waals surface area contributed by atoms with Gasteiger partial charge >= 0.3 is 0 Å². The fourth-order valence-electron chi connectivity index (χ4n) is 3.08. The lowest BCUT2D eigenvalue weighted by Crippen LogP contribution is -2.05. The largest absolute Gasteiger partial charge is 0.0613 e. The Balaban J connectivity index is 2.14. The molecule has 1 fully saturated rings. The van der Waals surface area contributed by atoms with E-state index >= 15 is 0 Å². The number of hydrogen-bond donors (Lipinski definition) is 0. The van der Waals surface area contributed by atoms with Crippen LogP contribution in [0.2, 0.25) is 0 Å². The SMILES string of the molecule is Brc1cccc2cccc(C3CCCCC3)c12. The molecule has 0 heterocycles. The monoisotopic (exact) mass is 288 g/mol. The standard InChI is InChI=1S/C16H17Br/c17-15-11-5-9-13-8-4-10-14(16(13)15)12-6-2-1-3-7-12/h4-5,8-12H,1-3,6-7H2. The van der Waals surface area contributed by atoms with Gasteiger partial charge in [0.25, 0.3) is 0 Å². The quantitative estimate of drug-likeness (QED) is 0.636. The molecule has 2 aromatic carbocycles. The maximum Gasteiger partial charge on any atom is 0.0256 e. The van der Waals surface area contributed by atoms with Crippen LogP contribution in [0, 0.1) is 0 Å². The first-order valence-corrected chi connectivity index (χ1v) is 7.33. The molecule has 0 aromatic heterocycles. The van der Waals surface area contributed by atoms with Crippen LogP contribution in [0.4, 0.5) is 0 Å². The predicted molar refractivity (Wildman–Crippen MR) is 77.5 cm³/mol. The Kier molecular flexibility index (Phi) is 3.19. The zero-order chi connectivity index (χ0) is 11.7. The maximum atomic E-state index is 3.71. The number of hydrogen-bond acceptors (Lipinski definition) is 0. The minimum Gasteiger partial charge on any atom is -0.0613 e. The summed E-state index contributed by atoms with van der Waals surface area (Å²) in [6, 6.07) is 13.2. The Labute approximate surface area is 111 Å². The molecule has 88 valence electrons. The Bertz CT molecular complexity index is 519. The maximum absolute atomic E-state index is 3.71. The highest BCUT2D eigenvalue weighted by Crippen LogP contribution is 2.38. The minimum atomic E-state index is 0.770. The van der Waals surface area contributed by atoms with Gasteiger partial charge in [0.05, 0.1) is 0 Å². The predicted octanol–water partition coefficient (Wildman–Crippen LogP) is 5.65. The summed E-state index contributed by atoms with van der Waals surface area (Å²) in [4.78, 5) is 0. The van der Waals surface area contributed by atoms with Crippen molar-refractivity contribution in [1.29, 1.82) is 0 Å². The van der Waals surface area contributed by atoms with Crippen LogP contribution >= 0.6 is 15.9 Å². The lowest BCUT2D eigenvalue weighted by Gasteiger charge is -2.23. The molecule has 0 unspecified atom stereocenters. The lowest BCUT2D eigenvalue weighted by atomic mass is 9.82. The second-order valence-electron chi connectivity index (χ2n) is 5.02. The van der Waals surface area contributed by atoms with Crippen LogP contribution in [-0.2, 0) is 0 Å². The van der Waals surface area contributed by atoms with Gasteiger partial charge in [0.1, 0.15) is 0 Å². The van der Waals surface area contributed by atoms with Crippen LogP contribution < -0.4 is 0 Å². The van der Waals surface area contributed by atoms with Crippen LogP contribution in [0.1, 0.15) is 43.6 Å². The first-order valence-electron chi connectivity index (χ1n) is 6.53. The highest BCUT2D eigenvalue weighted by Gasteiger charge is 2.18. The molecule has 0 spiro atoms. The van der Waals surface area contributed by atoms with E-state index in [4.69, 9.17) is 0 Å². The molecule has 0 saturated heterocycles. The van der Waals surface area contributed by atoms with Gasteiger partial charge < -0.3 is 0 Å². The average Bonchev–Trinajstić information content (AvgIpc) is 2.39. The molecule has 0 aliphatic heterocycles. The first-order chi connectivity index (χ1) is 8.36. The van der Waals surface area contributed by atoms with Crippen molar-refractivity contribution in [2.75, 3.05) is 0 Å². The van der Waals surface area contributed by atoms with Crippen LogP contribution in [0.5, 0.6) is 0 Å². The molecule has 0 atom stereocenters. The fourth-order valence-corrected chi connectivity index (χ4v) is 3.69. The molecule has 17 heavy (non-hydrogen) atoms. The molecule has 1 heteroatoms. The average molecular weight is 289 g/mol. The molecule has 1 saturated carbocycles. The normalized spacial score (nSPS) is 17.5.